The van der Waals surface area contributed by atoms with Crippen molar-refractivity contribution in [2.75, 3.05) is 17.5 Å². The summed E-state index contributed by atoms with van der Waals surface area (Å²) >= 11 is 12.5. The first-order valence-corrected chi connectivity index (χ1v) is 17.7. The Morgan fingerprint density at radius 2 is 1.54 bits per heavy atom. The molecule has 0 radical (unpaired) electrons. The number of ether oxygens (including phenoxy) is 1. The van der Waals surface area contributed by atoms with Gasteiger partial charge in [-0.25, -0.2) is 12.8 Å². The predicted molar refractivity (Wildman–Crippen MR) is 187 cm³/mol. The minimum absolute atomic E-state index is 0.0745. The van der Waals surface area contributed by atoms with Gasteiger partial charge in [0, 0.05) is 19.0 Å². The Hall–Kier alpha value is -4.12. The molecule has 254 valence electrons. The van der Waals surface area contributed by atoms with Gasteiger partial charge in [-0.3, -0.25) is 13.9 Å². The van der Waals surface area contributed by atoms with E-state index in [1.807, 2.05) is 51.1 Å². The number of anilines is 1. The first-order chi connectivity index (χ1) is 22.9. The fraction of sp³-hybridized carbons (Fsp3) is 0.278. The van der Waals surface area contributed by atoms with E-state index in [9.17, 15) is 22.4 Å². The van der Waals surface area contributed by atoms with Crippen molar-refractivity contribution < 1.29 is 27.1 Å². The molecule has 0 saturated carbocycles. The molecule has 0 unspecified atom stereocenters. The number of hydrogen-bond acceptors (Lipinski definition) is 5. The average molecular weight is 715 g/mol. The van der Waals surface area contributed by atoms with E-state index in [4.69, 9.17) is 27.9 Å². The molecular formula is C36H38Cl2FN3O5S. The van der Waals surface area contributed by atoms with Crippen LogP contribution >= 0.6 is 23.2 Å². The maximum absolute atomic E-state index is 14.6. The highest BCUT2D eigenvalue weighted by atomic mass is 35.5. The molecule has 4 aromatic rings. The summed E-state index contributed by atoms with van der Waals surface area (Å²) in [6.45, 7) is 5.28. The summed E-state index contributed by atoms with van der Waals surface area (Å²) in [6.07, 6.45) is 0.815. The number of benzene rings is 4. The molecule has 0 aromatic heterocycles. The Bertz CT molecular complexity index is 1790. The number of halogens is 3. The summed E-state index contributed by atoms with van der Waals surface area (Å²) in [6, 6.07) is 23.5. The third kappa shape index (κ3) is 9.49. The van der Waals surface area contributed by atoms with Crippen LogP contribution in [0.5, 0.6) is 5.75 Å². The Labute approximate surface area is 291 Å². The van der Waals surface area contributed by atoms with Gasteiger partial charge in [0.2, 0.25) is 11.8 Å². The second-order valence-corrected chi connectivity index (χ2v) is 13.9. The van der Waals surface area contributed by atoms with Crippen molar-refractivity contribution in [3.8, 4) is 5.75 Å². The minimum atomic E-state index is -4.40. The molecule has 0 aliphatic heterocycles. The van der Waals surface area contributed by atoms with Gasteiger partial charge in [0.05, 0.1) is 27.2 Å². The van der Waals surface area contributed by atoms with Crippen molar-refractivity contribution in [3.63, 3.8) is 0 Å². The molecule has 0 aliphatic rings. The highest BCUT2D eigenvalue weighted by Gasteiger charge is 2.35. The van der Waals surface area contributed by atoms with E-state index in [1.54, 1.807) is 30.3 Å². The van der Waals surface area contributed by atoms with Crippen LogP contribution in [-0.2, 0) is 32.6 Å². The summed E-state index contributed by atoms with van der Waals surface area (Å²) in [7, 11) is -4.40. The van der Waals surface area contributed by atoms with Crippen molar-refractivity contribution in [1.82, 2.24) is 10.2 Å². The lowest BCUT2D eigenvalue weighted by atomic mass is 10.0. The maximum Gasteiger partial charge on any atom is 0.264 e. The number of nitrogens with zero attached hydrogens (tertiary/aromatic N) is 2. The van der Waals surface area contributed by atoms with E-state index in [-0.39, 0.29) is 34.6 Å². The molecule has 2 amide bonds. The third-order valence-corrected chi connectivity index (χ3v) is 10.3. The predicted octanol–water partition coefficient (Wildman–Crippen LogP) is 7.28. The summed E-state index contributed by atoms with van der Waals surface area (Å²) in [5.41, 5.74) is 1.56. The fourth-order valence-corrected chi connectivity index (χ4v) is 6.70. The van der Waals surface area contributed by atoms with Crippen LogP contribution < -0.4 is 14.4 Å². The first-order valence-electron chi connectivity index (χ1n) is 15.5. The zero-order valence-electron chi connectivity index (χ0n) is 26.9. The standard InChI is InChI=1S/C36H38Cl2FN3O5S/c1-4-25(3)40-36(44)34(22-26-9-7-6-8-10-26)41(23-27-11-20-32(37)33(38)21-27)35(43)24-42(29-14-16-30(17-15-29)47-5-2)48(45,46)31-18-12-28(39)13-19-31/h6-21,25,34H,4-5,22-24H2,1-3H3,(H,40,44)/t25-,34+/m0/s1. The molecule has 4 rings (SSSR count). The molecule has 0 spiro atoms. The van der Waals surface area contributed by atoms with Crippen LogP contribution in [0.2, 0.25) is 10.0 Å². The van der Waals surface area contributed by atoms with Gasteiger partial charge < -0.3 is 15.0 Å². The maximum atomic E-state index is 14.6. The van der Waals surface area contributed by atoms with E-state index in [1.165, 1.54) is 17.0 Å². The van der Waals surface area contributed by atoms with E-state index in [2.05, 4.69) is 5.32 Å². The lowest BCUT2D eigenvalue weighted by molar-refractivity contribution is -0.140. The van der Waals surface area contributed by atoms with Crippen molar-refractivity contribution >= 4 is 50.7 Å². The van der Waals surface area contributed by atoms with Gasteiger partial charge in [0.1, 0.15) is 24.2 Å². The molecule has 48 heavy (non-hydrogen) atoms. The number of carbonyl (C=O) groups is 2. The normalized spacial score (nSPS) is 12.5. The van der Waals surface area contributed by atoms with Crippen LogP contribution in [0.15, 0.2) is 102 Å². The van der Waals surface area contributed by atoms with Gasteiger partial charge in [-0.05, 0) is 92.1 Å². The number of hydrogen-bond donors (Lipinski definition) is 1. The number of amides is 2. The number of carbonyl (C=O) groups excluding carboxylic acids is 2. The first kappa shape index (κ1) is 36.7. The van der Waals surface area contributed by atoms with Crippen LogP contribution in [0.1, 0.15) is 38.3 Å². The van der Waals surface area contributed by atoms with Gasteiger partial charge in [-0.15, -0.1) is 0 Å². The third-order valence-electron chi connectivity index (χ3n) is 7.73. The van der Waals surface area contributed by atoms with Crippen LogP contribution in [-0.4, -0.2) is 50.4 Å². The Balaban J connectivity index is 1.82. The quantitative estimate of drug-likeness (QED) is 0.140. The lowest BCUT2D eigenvalue weighted by Gasteiger charge is -2.34. The summed E-state index contributed by atoms with van der Waals surface area (Å²) in [5, 5.41) is 3.58. The Kier molecular flexibility index (Phi) is 12.9. The second-order valence-electron chi connectivity index (χ2n) is 11.2. The summed E-state index contributed by atoms with van der Waals surface area (Å²) in [4.78, 5) is 29.7. The molecule has 8 nitrogen and oxygen atoms in total. The van der Waals surface area contributed by atoms with Crippen molar-refractivity contribution in [2.24, 2.45) is 0 Å². The highest BCUT2D eigenvalue weighted by molar-refractivity contribution is 7.92. The van der Waals surface area contributed by atoms with E-state index < -0.39 is 40.2 Å². The van der Waals surface area contributed by atoms with Gasteiger partial charge in [-0.1, -0.05) is 66.5 Å². The summed E-state index contributed by atoms with van der Waals surface area (Å²) in [5.74, 6) is -1.14. The lowest BCUT2D eigenvalue weighted by Crippen LogP contribution is -2.54. The molecule has 4 aromatic carbocycles. The molecule has 0 fully saturated rings. The number of sulfonamides is 1. The molecule has 2 atom stereocenters. The van der Waals surface area contributed by atoms with Gasteiger partial charge in [-0.2, -0.15) is 0 Å². The SMILES string of the molecule is CCOc1ccc(N(CC(=O)N(Cc2ccc(Cl)c(Cl)c2)[C@H](Cc2ccccc2)C(=O)N[C@@H](C)CC)S(=O)(=O)c2ccc(F)cc2)cc1. The molecular weight excluding hydrogens is 676 g/mol. The topological polar surface area (TPSA) is 96.0 Å². The Morgan fingerprint density at radius 1 is 0.875 bits per heavy atom. The highest BCUT2D eigenvalue weighted by Crippen LogP contribution is 2.28. The molecule has 1 N–H and O–H groups in total. The molecule has 0 saturated heterocycles. The van der Waals surface area contributed by atoms with Gasteiger partial charge in [0.25, 0.3) is 10.0 Å². The van der Waals surface area contributed by atoms with Gasteiger partial charge >= 0.3 is 0 Å². The minimum Gasteiger partial charge on any atom is -0.494 e. The summed E-state index contributed by atoms with van der Waals surface area (Å²) < 4.78 is 48.5. The zero-order chi connectivity index (χ0) is 34.8. The van der Waals surface area contributed by atoms with Crippen molar-refractivity contribution in [1.29, 1.82) is 0 Å². The molecule has 12 heteroatoms. The van der Waals surface area contributed by atoms with Crippen molar-refractivity contribution in [2.45, 2.75) is 57.1 Å². The van der Waals surface area contributed by atoms with Gasteiger partial charge in [0.15, 0.2) is 0 Å². The van der Waals surface area contributed by atoms with Crippen molar-refractivity contribution in [3.05, 3.63) is 124 Å². The van der Waals surface area contributed by atoms with E-state index in [0.717, 1.165) is 34.1 Å². The second kappa shape index (κ2) is 16.8. The number of rotatable bonds is 15. The Morgan fingerprint density at radius 3 is 2.15 bits per heavy atom. The largest absolute Gasteiger partial charge is 0.494 e. The van der Waals surface area contributed by atoms with Crippen LogP contribution in [0.25, 0.3) is 0 Å². The smallest absolute Gasteiger partial charge is 0.264 e. The van der Waals surface area contributed by atoms with Crippen LogP contribution in [0.3, 0.4) is 0 Å². The number of nitrogens with one attached hydrogen (secondary N) is 1. The van der Waals surface area contributed by atoms with Crippen LogP contribution in [0.4, 0.5) is 10.1 Å². The molecule has 0 aliphatic carbocycles. The van der Waals surface area contributed by atoms with E-state index >= 15 is 0 Å². The fourth-order valence-electron chi connectivity index (χ4n) is 4.97. The van der Waals surface area contributed by atoms with Crippen LogP contribution in [0, 0.1) is 5.82 Å². The average Bonchev–Trinajstić information content (AvgIpc) is 3.07. The zero-order valence-corrected chi connectivity index (χ0v) is 29.2. The monoisotopic (exact) mass is 713 g/mol. The molecule has 0 heterocycles. The molecule has 0 bridgehead atoms. The van der Waals surface area contributed by atoms with E-state index in [0.29, 0.717) is 29.4 Å².